The Morgan fingerprint density at radius 3 is 1.42 bits per heavy atom. The molecule has 0 bridgehead atoms. The van der Waals surface area contributed by atoms with E-state index < -0.39 is 206 Å². The number of carboxylic acids is 3. The first-order chi connectivity index (χ1) is 36.6. The molecule has 0 aromatic rings. The summed E-state index contributed by atoms with van der Waals surface area (Å²) >= 11 is 0. The summed E-state index contributed by atoms with van der Waals surface area (Å²) in [5, 5.41) is 67.9. The topological polar surface area (TPSA) is 591 Å². The van der Waals surface area contributed by atoms with Crippen LogP contribution in [-0.4, -0.2) is 194 Å². The molecular weight excluding hydrogens is 1050 g/mol. The normalized spacial score (nSPS) is 15.5. The monoisotopic (exact) mass is 1130 g/mol. The number of aliphatic hydroxyl groups is 2. The van der Waals surface area contributed by atoms with Crippen molar-refractivity contribution < 1.29 is 92.7 Å². The number of amides is 11. The van der Waals surface area contributed by atoms with Crippen LogP contribution in [0.25, 0.3) is 0 Å². The third-order valence-electron chi connectivity index (χ3n) is 11.6. The van der Waals surface area contributed by atoms with Gasteiger partial charge in [0.1, 0.15) is 48.3 Å². The second kappa shape index (κ2) is 35.2. The molecule has 0 saturated carbocycles. The van der Waals surface area contributed by atoms with Gasteiger partial charge in [-0.3, -0.25) is 67.3 Å². The first-order valence-electron chi connectivity index (χ1n) is 24.7. The lowest BCUT2D eigenvalue weighted by Gasteiger charge is -2.30. The number of hydrogen-bond acceptors (Lipinski definition) is 18. The van der Waals surface area contributed by atoms with E-state index in [0.29, 0.717) is 0 Å². The molecule has 24 N–H and O–H groups in total. The number of aliphatic hydroxyl groups excluding tert-OH is 2. The fraction of sp³-hybridized carbons (Fsp3) is 0.667. The van der Waals surface area contributed by atoms with Crippen LogP contribution in [0.3, 0.4) is 0 Å². The highest BCUT2D eigenvalue weighted by atomic mass is 16.4. The van der Waals surface area contributed by atoms with Gasteiger partial charge in [-0.25, -0.2) is 4.79 Å². The molecule has 0 aliphatic heterocycles. The molecule has 12 atom stereocenters. The molecule has 446 valence electrons. The lowest BCUT2D eigenvalue weighted by Crippen LogP contribution is -2.62. The molecule has 0 radical (unpaired) electrons. The number of guanidine groups is 1. The lowest BCUT2D eigenvalue weighted by molar-refractivity contribution is -0.145. The van der Waals surface area contributed by atoms with Crippen molar-refractivity contribution in [3.63, 3.8) is 0 Å². The van der Waals surface area contributed by atoms with E-state index in [2.05, 4.69) is 47.5 Å². The van der Waals surface area contributed by atoms with Crippen molar-refractivity contribution in [2.45, 2.75) is 166 Å². The van der Waals surface area contributed by atoms with E-state index in [1.165, 1.54) is 27.7 Å². The maximum Gasteiger partial charge on any atom is 0.328 e. The number of rotatable bonds is 38. The standard InChI is InChI=1S/C45H77N15O19/c1-7-19(4)34(43(77)57-25(15-28(47)64)40(74)54-24(11-13-30(66)67)39(73)60-35(21(6)62)44(78)79)59-42(76)33(18(2)3)58-38(72)23(10-12-27(46)63)53-29(65)17-52-36(70)26(16-31(68)69)56-37(71)22(9-8-14-51-45(49)50)55-41(75)32(48)20(5)61/h18-26,32-35,61-62H,7-17,48H2,1-6H3,(H2,46,63)(H2,47,64)(H,52,70)(H,53,65)(H,54,74)(H,55,75)(H,56,71)(H,57,77)(H,58,72)(H,59,76)(H,60,73)(H,66,67)(H,68,69)(H,78,79)(H4,49,50,51)/t19-,20+,21+,22-,23-,24-,25-,26-,32-,33-,34-,35-/m0/s1. The van der Waals surface area contributed by atoms with Gasteiger partial charge in [-0.15, -0.1) is 0 Å². The van der Waals surface area contributed by atoms with E-state index in [-0.39, 0.29) is 31.8 Å². The highest BCUT2D eigenvalue weighted by Crippen LogP contribution is 2.13. The molecule has 0 spiro atoms. The molecule has 0 aliphatic rings. The zero-order valence-corrected chi connectivity index (χ0v) is 44.6. The Morgan fingerprint density at radius 2 is 0.937 bits per heavy atom. The van der Waals surface area contributed by atoms with Crippen LogP contribution in [0.5, 0.6) is 0 Å². The van der Waals surface area contributed by atoms with E-state index in [4.69, 9.17) is 28.7 Å². The minimum Gasteiger partial charge on any atom is -0.481 e. The van der Waals surface area contributed by atoms with Crippen molar-refractivity contribution >= 4 is 88.8 Å². The molecule has 0 saturated heterocycles. The number of primary amides is 2. The van der Waals surface area contributed by atoms with Crippen molar-refractivity contribution in [3.05, 3.63) is 0 Å². The fourth-order valence-electron chi connectivity index (χ4n) is 6.86. The van der Waals surface area contributed by atoms with Gasteiger partial charge in [0, 0.05) is 19.4 Å². The second-order valence-electron chi connectivity index (χ2n) is 18.7. The predicted molar refractivity (Wildman–Crippen MR) is 273 cm³/mol. The maximum absolute atomic E-state index is 14.0. The average molecular weight is 1130 g/mol. The Morgan fingerprint density at radius 1 is 0.481 bits per heavy atom. The van der Waals surface area contributed by atoms with Gasteiger partial charge in [0.15, 0.2) is 12.0 Å². The van der Waals surface area contributed by atoms with E-state index in [1.807, 2.05) is 5.32 Å². The van der Waals surface area contributed by atoms with Crippen LogP contribution < -0.4 is 76.5 Å². The Bertz CT molecular complexity index is 2230. The molecule has 0 heterocycles. The van der Waals surface area contributed by atoms with E-state index >= 15 is 0 Å². The van der Waals surface area contributed by atoms with Gasteiger partial charge >= 0.3 is 17.9 Å². The summed E-state index contributed by atoms with van der Waals surface area (Å²) in [5.41, 5.74) is 27.0. The van der Waals surface area contributed by atoms with Crippen LogP contribution in [0.4, 0.5) is 0 Å². The van der Waals surface area contributed by atoms with Crippen molar-refractivity contribution in [2.24, 2.45) is 45.5 Å². The zero-order chi connectivity index (χ0) is 61.0. The van der Waals surface area contributed by atoms with Crippen molar-refractivity contribution in [2.75, 3.05) is 13.1 Å². The van der Waals surface area contributed by atoms with Crippen LogP contribution in [0, 0.1) is 11.8 Å². The fourth-order valence-corrected chi connectivity index (χ4v) is 6.86. The van der Waals surface area contributed by atoms with Crippen LogP contribution in [0.15, 0.2) is 4.99 Å². The highest BCUT2D eigenvalue weighted by Gasteiger charge is 2.37. The minimum atomic E-state index is -1.90. The SMILES string of the molecule is CC[C@H](C)[C@H](NC(=O)[C@@H](NC(=O)[C@H](CCC(N)=O)NC(=O)CNC(=O)[C@H](CC(=O)O)NC(=O)[C@H](CCCN=C(N)N)NC(=O)[C@@H](N)[C@@H](C)O)C(C)C)C(=O)N[C@@H](CC(N)=O)C(=O)N[C@@H](CCC(=O)O)C(=O)N[C@H](C(=O)O)[C@@H](C)O. The molecular formula is C45H77N15O19. The molecule has 0 aromatic heterocycles. The van der Waals surface area contributed by atoms with Crippen LogP contribution in [0.1, 0.15) is 99.3 Å². The van der Waals surface area contributed by atoms with Gasteiger partial charge in [0.2, 0.25) is 65.0 Å². The molecule has 34 nitrogen and oxygen atoms in total. The van der Waals surface area contributed by atoms with Gasteiger partial charge in [0.05, 0.1) is 31.6 Å². The third kappa shape index (κ3) is 27.6. The first-order valence-corrected chi connectivity index (χ1v) is 24.7. The Labute approximate surface area is 453 Å². The summed E-state index contributed by atoms with van der Waals surface area (Å²) in [6.07, 6.45) is -7.29. The van der Waals surface area contributed by atoms with Gasteiger partial charge in [-0.2, -0.15) is 0 Å². The smallest absolute Gasteiger partial charge is 0.328 e. The molecule has 34 heteroatoms. The van der Waals surface area contributed by atoms with Gasteiger partial charge in [0.25, 0.3) is 0 Å². The molecule has 79 heavy (non-hydrogen) atoms. The Kier molecular flexibility index (Phi) is 31.5. The molecule has 0 rings (SSSR count). The largest absolute Gasteiger partial charge is 0.481 e. The van der Waals surface area contributed by atoms with Crippen LogP contribution in [0.2, 0.25) is 0 Å². The van der Waals surface area contributed by atoms with Crippen LogP contribution >= 0.6 is 0 Å². The van der Waals surface area contributed by atoms with E-state index in [9.17, 15) is 92.7 Å². The number of nitrogens with one attached hydrogen (secondary N) is 9. The minimum absolute atomic E-state index is 0.0203. The molecule has 11 amide bonds. The summed E-state index contributed by atoms with van der Waals surface area (Å²) in [7, 11) is 0. The maximum atomic E-state index is 14.0. The number of nitrogens with two attached hydrogens (primary N) is 5. The van der Waals surface area contributed by atoms with Crippen LogP contribution in [-0.2, 0) is 67.1 Å². The number of nitrogens with zero attached hydrogens (tertiary/aromatic N) is 1. The number of carboxylic acid groups (broad SMARTS) is 3. The molecule has 0 fully saturated rings. The molecule has 0 aromatic carbocycles. The third-order valence-corrected chi connectivity index (χ3v) is 11.6. The number of carbonyl (C=O) groups excluding carboxylic acids is 11. The highest BCUT2D eigenvalue weighted by molar-refractivity contribution is 5.99. The summed E-state index contributed by atoms with van der Waals surface area (Å²) in [6.45, 7) is 7.30. The Balaban J connectivity index is 6.51. The summed E-state index contributed by atoms with van der Waals surface area (Å²) in [5.74, 6) is -18.8. The molecule has 0 unspecified atom stereocenters. The first kappa shape index (κ1) is 70.7. The number of aliphatic imine (C=N–C) groups is 1. The summed E-state index contributed by atoms with van der Waals surface area (Å²) in [4.78, 5) is 183. The summed E-state index contributed by atoms with van der Waals surface area (Å²) < 4.78 is 0. The van der Waals surface area contributed by atoms with Crippen molar-refractivity contribution in [1.82, 2.24) is 47.9 Å². The second-order valence-corrected chi connectivity index (χ2v) is 18.7. The van der Waals surface area contributed by atoms with Gasteiger partial charge in [-0.1, -0.05) is 34.1 Å². The zero-order valence-electron chi connectivity index (χ0n) is 44.6. The number of aliphatic carboxylic acids is 3. The van der Waals surface area contributed by atoms with Gasteiger partial charge in [-0.05, 0) is 51.4 Å². The predicted octanol–water partition coefficient (Wildman–Crippen LogP) is -8.61. The average Bonchev–Trinajstić information content (AvgIpc) is 3.34. The van der Waals surface area contributed by atoms with E-state index in [1.54, 1.807) is 6.92 Å². The van der Waals surface area contributed by atoms with Gasteiger partial charge < -0.3 is 102 Å². The summed E-state index contributed by atoms with van der Waals surface area (Å²) in [6, 6.07) is -15.2. The quantitative estimate of drug-likeness (QED) is 0.0155. The molecule has 0 aliphatic carbocycles. The Hall–Kier alpha value is -8.27. The van der Waals surface area contributed by atoms with Crippen molar-refractivity contribution in [3.8, 4) is 0 Å². The van der Waals surface area contributed by atoms with Crippen molar-refractivity contribution in [1.29, 1.82) is 0 Å². The number of hydrogen-bond donors (Lipinski definition) is 19. The lowest BCUT2D eigenvalue weighted by atomic mass is 9.95. The number of carbonyl (C=O) groups is 14. The van der Waals surface area contributed by atoms with E-state index in [0.717, 1.165) is 6.92 Å².